The van der Waals surface area contributed by atoms with Crippen LogP contribution in [0, 0.1) is 0 Å². The van der Waals surface area contributed by atoms with Crippen molar-refractivity contribution in [2.45, 2.75) is 18.8 Å². The van der Waals surface area contributed by atoms with E-state index in [2.05, 4.69) is 152 Å². The quantitative estimate of drug-likeness (QED) is 0.193. The van der Waals surface area contributed by atoms with Crippen LogP contribution in [0.5, 0.6) is 0 Å². The summed E-state index contributed by atoms with van der Waals surface area (Å²) < 4.78 is 0. The fraction of sp³-hybridized carbons (Fsp3) is 0.0698. The van der Waals surface area contributed by atoms with Crippen molar-refractivity contribution < 1.29 is 0 Å². The molecule has 0 amide bonds. The van der Waals surface area contributed by atoms with Crippen LogP contribution in [0.15, 0.2) is 152 Å². The van der Waals surface area contributed by atoms with Crippen LogP contribution in [0.4, 0.5) is 0 Å². The molecule has 0 radical (unpaired) electrons. The lowest BCUT2D eigenvalue weighted by Crippen LogP contribution is -2.03. The van der Waals surface area contributed by atoms with Crippen LogP contribution in [0.1, 0.15) is 44.9 Å². The summed E-state index contributed by atoms with van der Waals surface area (Å²) in [6.07, 6.45) is 1.95. The Morgan fingerprint density at radius 1 is 0.372 bits per heavy atom. The second-order valence-corrected chi connectivity index (χ2v) is 12.0. The first kappa shape index (κ1) is 24.4. The molecule has 0 saturated carbocycles. The van der Waals surface area contributed by atoms with Gasteiger partial charge in [-0.2, -0.15) is 0 Å². The number of rotatable bonds is 4. The van der Waals surface area contributed by atoms with Crippen molar-refractivity contribution in [2.75, 3.05) is 0 Å². The van der Waals surface area contributed by atoms with Gasteiger partial charge in [-0.1, -0.05) is 140 Å². The Bertz CT molecular complexity index is 2130. The minimum atomic E-state index is 0.188. The van der Waals surface area contributed by atoms with Crippen LogP contribution in [0.3, 0.4) is 0 Å². The van der Waals surface area contributed by atoms with Crippen molar-refractivity contribution in [1.29, 1.82) is 0 Å². The average Bonchev–Trinajstić information content (AvgIpc) is 3.63. The van der Waals surface area contributed by atoms with Gasteiger partial charge in [0, 0.05) is 5.92 Å². The smallest absolute Gasteiger partial charge is 0.0340 e. The first-order valence-corrected chi connectivity index (χ1v) is 15.3. The largest absolute Gasteiger partial charge is 0.0622 e. The van der Waals surface area contributed by atoms with E-state index in [0.717, 1.165) is 12.8 Å². The lowest BCUT2D eigenvalue weighted by atomic mass is 9.83. The standard InChI is InChI=1S/C43H30/c1-3-12-28(13-4-1)42(29-14-5-2-6-15-29)33-23-22-32-26-41-40(38(32)27-33)25-31-17-8-10-19-35(31)43(41)37-21-11-20-36-34-18-9-7-16-30(34)24-39(36)37/h1-23,25,27,42H,24,26H2. The molecular weight excluding hydrogens is 516 g/mol. The molecule has 2 aliphatic rings. The number of hydrogen-bond donors (Lipinski definition) is 0. The zero-order valence-corrected chi connectivity index (χ0v) is 23.9. The summed E-state index contributed by atoms with van der Waals surface area (Å²) in [7, 11) is 0. The molecular formula is C43H30. The van der Waals surface area contributed by atoms with E-state index in [1.165, 1.54) is 83.1 Å². The molecule has 202 valence electrons. The first-order valence-electron chi connectivity index (χ1n) is 15.3. The van der Waals surface area contributed by atoms with E-state index in [4.69, 9.17) is 0 Å². The fourth-order valence-electron chi connectivity index (χ4n) is 7.75. The lowest BCUT2D eigenvalue weighted by Gasteiger charge is -2.20. The van der Waals surface area contributed by atoms with E-state index in [9.17, 15) is 0 Å². The maximum absolute atomic E-state index is 2.48. The highest BCUT2D eigenvalue weighted by atomic mass is 14.3. The SMILES string of the molecule is c1ccc(C(c2ccccc2)c2ccc3c(c2)-c2cc4ccccc4c(-c4cccc5c4Cc4ccccc4-5)c2C3)cc1. The van der Waals surface area contributed by atoms with Crippen molar-refractivity contribution in [3.05, 3.63) is 191 Å². The third-order valence-electron chi connectivity index (χ3n) is 9.67. The summed E-state index contributed by atoms with van der Waals surface area (Å²) in [6.45, 7) is 0. The summed E-state index contributed by atoms with van der Waals surface area (Å²) in [5, 5.41) is 2.66. The molecule has 0 nitrogen and oxygen atoms in total. The van der Waals surface area contributed by atoms with E-state index in [-0.39, 0.29) is 5.92 Å². The van der Waals surface area contributed by atoms with E-state index in [0.29, 0.717) is 0 Å². The molecule has 0 aromatic heterocycles. The van der Waals surface area contributed by atoms with E-state index < -0.39 is 0 Å². The monoisotopic (exact) mass is 546 g/mol. The molecule has 0 bridgehead atoms. The summed E-state index contributed by atoms with van der Waals surface area (Å²) in [5.74, 6) is 0.188. The Kier molecular flexibility index (Phi) is 5.49. The summed E-state index contributed by atoms with van der Waals surface area (Å²) in [6, 6.07) is 56.4. The average molecular weight is 547 g/mol. The summed E-state index contributed by atoms with van der Waals surface area (Å²) in [5.41, 5.74) is 18.1. The van der Waals surface area contributed by atoms with Gasteiger partial charge in [-0.3, -0.25) is 0 Å². The number of hydrogen-bond acceptors (Lipinski definition) is 0. The third-order valence-corrected chi connectivity index (χ3v) is 9.67. The second kappa shape index (κ2) is 9.68. The van der Waals surface area contributed by atoms with E-state index in [1.807, 2.05) is 0 Å². The topological polar surface area (TPSA) is 0 Å². The molecule has 0 N–H and O–H groups in total. The van der Waals surface area contributed by atoms with Gasteiger partial charge >= 0.3 is 0 Å². The zero-order valence-electron chi connectivity index (χ0n) is 23.9. The minimum Gasteiger partial charge on any atom is -0.0622 e. The Morgan fingerprint density at radius 2 is 1.00 bits per heavy atom. The van der Waals surface area contributed by atoms with Crippen LogP contribution in [-0.4, -0.2) is 0 Å². The maximum atomic E-state index is 2.48. The molecule has 2 aliphatic carbocycles. The number of fused-ring (bicyclic) bond motifs is 7. The molecule has 7 aromatic rings. The third kappa shape index (κ3) is 3.84. The van der Waals surface area contributed by atoms with Crippen molar-refractivity contribution in [3.8, 4) is 33.4 Å². The van der Waals surface area contributed by atoms with Crippen LogP contribution in [0.25, 0.3) is 44.2 Å². The van der Waals surface area contributed by atoms with Crippen LogP contribution in [0.2, 0.25) is 0 Å². The van der Waals surface area contributed by atoms with Gasteiger partial charge in [-0.05, 0) is 108 Å². The van der Waals surface area contributed by atoms with Crippen LogP contribution >= 0.6 is 0 Å². The van der Waals surface area contributed by atoms with Gasteiger partial charge in [0.15, 0.2) is 0 Å². The highest BCUT2D eigenvalue weighted by Crippen LogP contribution is 2.50. The molecule has 0 unspecified atom stereocenters. The van der Waals surface area contributed by atoms with E-state index in [1.54, 1.807) is 0 Å². The van der Waals surface area contributed by atoms with Gasteiger partial charge < -0.3 is 0 Å². The molecule has 43 heavy (non-hydrogen) atoms. The predicted molar refractivity (Wildman–Crippen MR) is 180 cm³/mol. The van der Waals surface area contributed by atoms with Crippen LogP contribution in [-0.2, 0) is 12.8 Å². The predicted octanol–water partition coefficient (Wildman–Crippen LogP) is 10.8. The van der Waals surface area contributed by atoms with Crippen molar-refractivity contribution in [1.82, 2.24) is 0 Å². The van der Waals surface area contributed by atoms with Gasteiger partial charge in [-0.25, -0.2) is 0 Å². The molecule has 0 aliphatic heterocycles. The Balaban J connectivity index is 1.26. The highest BCUT2D eigenvalue weighted by molar-refractivity contribution is 6.06. The minimum absolute atomic E-state index is 0.188. The normalized spacial score (nSPS) is 12.7. The van der Waals surface area contributed by atoms with Gasteiger partial charge in [0.05, 0.1) is 0 Å². The van der Waals surface area contributed by atoms with Crippen molar-refractivity contribution >= 4 is 10.8 Å². The van der Waals surface area contributed by atoms with Crippen molar-refractivity contribution in [2.24, 2.45) is 0 Å². The van der Waals surface area contributed by atoms with E-state index >= 15 is 0 Å². The van der Waals surface area contributed by atoms with Gasteiger partial charge in [0.2, 0.25) is 0 Å². The molecule has 0 spiro atoms. The molecule has 0 saturated heterocycles. The Morgan fingerprint density at radius 3 is 1.81 bits per heavy atom. The number of benzene rings is 7. The summed E-state index contributed by atoms with van der Waals surface area (Å²) in [4.78, 5) is 0. The zero-order chi connectivity index (χ0) is 28.3. The van der Waals surface area contributed by atoms with Gasteiger partial charge in [0.1, 0.15) is 0 Å². The molecule has 0 atom stereocenters. The van der Waals surface area contributed by atoms with Gasteiger partial charge in [0.25, 0.3) is 0 Å². The van der Waals surface area contributed by atoms with Crippen molar-refractivity contribution in [3.63, 3.8) is 0 Å². The summed E-state index contributed by atoms with van der Waals surface area (Å²) >= 11 is 0. The second-order valence-electron chi connectivity index (χ2n) is 12.0. The van der Waals surface area contributed by atoms with Crippen LogP contribution < -0.4 is 0 Å². The molecule has 0 heterocycles. The fourth-order valence-corrected chi connectivity index (χ4v) is 7.75. The highest BCUT2D eigenvalue weighted by Gasteiger charge is 2.29. The Hall–Kier alpha value is -5.20. The van der Waals surface area contributed by atoms with Gasteiger partial charge in [-0.15, -0.1) is 0 Å². The maximum Gasteiger partial charge on any atom is 0.0340 e. The molecule has 0 fully saturated rings. The molecule has 7 aromatic carbocycles. The molecule has 0 heteroatoms. The first-order chi connectivity index (χ1) is 21.3. The Labute approximate surface area is 252 Å². The lowest BCUT2D eigenvalue weighted by molar-refractivity contribution is 0.976. The molecule has 9 rings (SSSR count).